The predicted octanol–water partition coefficient (Wildman–Crippen LogP) is 3.42. The first-order chi connectivity index (χ1) is 11.9. The summed E-state index contributed by atoms with van der Waals surface area (Å²) >= 11 is 0. The van der Waals surface area contributed by atoms with Crippen LogP contribution in [-0.4, -0.2) is 32.2 Å². The summed E-state index contributed by atoms with van der Waals surface area (Å²) in [5.74, 6) is 0.593. The van der Waals surface area contributed by atoms with Crippen molar-refractivity contribution < 1.29 is 17.9 Å². The van der Waals surface area contributed by atoms with Gasteiger partial charge < -0.3 is 4.74 Å². The summed E-state index contributed by atoms with van der Waals surface area (Å²) in [4.78, 5) is 11.7. The molecule has 0 unspecified atom stereocenters. The van der Waals surface area contributed by atoms with E-state index in [9.17, 15) is 13.2 Å². The van der Waals surface area contributed by atoms with Gasteiger partial charge >= 0.3 is 0 Å². The molecule has 132 valence electrons. The maximum Gasteiger partial charge on any atom is 0.243 e. The molecule has 1 fully saturated rings. The molecule has 0 bridgehead atoms. The van der Waals surface area contributed by atoms with E-state index in [2.05, 4.69) is 0 Å². The zero-order valence-electron chi connectivity index (χ0n) is 14.3. The molecule has 2 aromatic rings. The first-order valence-corrected chi connectivity index (χ1v) is 9.64. The van der Waals surface area contributed by atoms with Crippen molar-refractivity contribution >= 4 is 15.8 Å². The summed E-state index contributed by atoms with van der Waals surface area (Å²) in [6, 6.07) is 13.5. The Hall–Kier alpha value is -2.18. The molecule has 1 aliphatic rings. The summed E-state index contributed by atoms with van der Waals surface area (Å²) < 4.78 is 32.9. The normalized spacial score (nSPS) is 18.2. The van der Waals surface area contributed by atoms with Crippen molar-refractivity contribution in [3.05, 3.63) is 59.7 Å². The fraction of sp³-hybridized carbons (Fsp3) is 0.316. The fourth-order valence-corrected chi connectivity index (χ4v) is 4.93. The first-order valence-electron chi connectivity index (χ1n) is 8.20. The second-order valence-electron chi connectivity index (χ2n) is 6.13. The predicted molar refractivity (Wildman–Crippen MR) is 95.3 cm³/mol. The van der Waals surface area contributed by atoms with E-state index in [1.54, 1.807) is 25.3 Å². The Kier molecular flexibility index (Phi) is 4.92. The van der Waals surface area contributed by atoms with Crippen LogP contribution in [0.4, 0.5) is 0 Å². The number of benzene rings is 2. The number of ether oxygens (including phenoxy) is 1. The van der Waals surface area contributed by atoms with Crippen molar-refractivity contribution in [2.24, 2.45) is 0 Å². The molecule has 2 aromatic carbocycles. The van der Waals surface area contributed by atoms with Crippen molar-refractivity contribution in [3.63, 3.8) is 0 Å². The lowest BCUT2D eigenvalue weighted by Crippen LogP contribution is -2.30. The van der Waals surface area contributed by atoms with Gasteiger partial charge in [-0.1, -0.05) is 24.3 Å². The molecule has 1 atom stereocenters. The Morgan fingerprint density at radius 1 is 1.16 bits per heavy atom. The molecule has 0 aliphatic carbocycles. The Labute approximate surface area is 148 Å². The summed E-state index contributed by atoms with van der Waals surface area (Å²) in [5.41, 5.74) is 1.35. The molecule has 3 rings (SSSR count). The topological polar surface area (TPSA) is 63.7 Å². The third kappa shape index (κ3) is 3.45. The molecule has 0 radical (unpaired) electrons. The van der Waals surface area contributed by atoms with E-state index in [-0.39, 0.29) is 16.7 Å². The highest BCUT2D eigenvalue weighted by molar-refractivity contribution is 7.89. The zero-order chi connectivity index (χ0) is 18.0. The van der Waals surface area contributed by atoms with Gasteiger partial charge in [0.2, 0.25) is 10.0 Å². The van der Waals surface area contributed by atoms with Gasteiger partial charge in [-0.15, -0.1) is 0 Å². The van der Waals surface area contributed by atoms with E-state index in [1.165, 1.54) is 17.3 Å². The van der Waals surface area contributed by atoms with Gasteiger partial charge in [0.15, 0.2) is 5.78 Å². The van der Waals surface area contributed by atoms with Crippen molar-refractivity contribution in [1.82, 2.24) is 4.31 Å². The largest absolute Gasteiger partial charge is 0.497 e. The van der Waals surface area contributed by atoms with Gasteiger partial charge in [0.05, 0.1) is 18.0 Å². The smallest absolute Gasteiger partial charge is 0.243 e. The first kappa shape index (κ1) is 17.6. The number of hydrogen-bond acceptors (Lipinski definition) is 4. The fourth-order valence-electron chi connectivity index (χ4n) is 3.20. The molecule has 0 N–H and O–H groups in total. The number of hydrogen-bond donors (Lipinski definition) is 0. The Morgan fingerprint density at radius 3 is 2.52 bits per heavy atom. The number of rotatable bonds is 5. The number of nitrogens with zero attached hydrogens (tertiary/aromatic N) is 1. The molecule has 6 heteroatoms. The van der Waals surface area contributed by atoms with E-state index >= 15 is 0 Å². The Bertz CT molecular complexity index is 875. The lowest BCUT2D eigenvalue weighted by atomic mass is 10.1. The van der Waals surface area contributed by atoms with Crippen LogP contribution in [0.5, 0.6) is 5.75 Å². The quantitative estimate of drug-likeness (QED) is 0.768. The van der Waals surface area contributed by atoms with Crippen LogP contribution in [0, 0.1) is 0 Å². The molecule has 0 saturated carbocycles. The van der Waals surface area contributed by atoms with Gasteiger partial charge in [-0.05, 0) is 49.6 Å². The Balaban J connectivity index is 1.95. The monoisotopic (exact) mass is 359 g/mol. The average Bonchev–Trinajstić information content (AvgIpc) is 3.12. The minimum atomic E-state index is -3.66. The second kappa shape index (κ2) is 6.98. The van der Waals surface area contributed by atoms with Crippen LogP contribution in [0.3, 0.4) is 0 Å². The molecule has 0 aromatic heterocycles. The van der Waals surface area contributed by atoms with E-state index in [4.69, 9.17) is 4.74 Å². The lowest BCUT2D eigenvalue weighted by Gasteiger charge is -2.24. The SMILES string of the molecule is COc1ccc([C@@H]2CCCN2S(=O)(=O)c2cccc(C(C)=O)c2)cc1. The van der Waals surface area contributed by atoms with Crippen LogP contribution >= 0.6 is 0 Å². The van der Waals surface area contributed by atoms with E-state index < -0.39 is 10.0 Å². The molecule has 0 spiro atoms. The van der Waals surface area contributed by atoms with Crippen LogP contribution in [-0.2, 0) is 10.0 Å². The van der Waals surface area contributed by atoms with Gasteiger partial charge in [0.1, 0.15) is 5.75 Å². The number of ketones is 1. The van der Waals surface area contributed by atoms with Gasteiger partial charge in [-0.2, -0.15) is 4.31 Å². The van der Waals surface area contributed by atoms with Crippen molar-refractivity contribution in [1.29, 1.82) is 0 Å². The molecule has 25 heavy (non-hydrogen) atoms. The Morgan fingerprint density at radius 2 is 1.88 bits per heavy atom. The van der Waals surface area contributed by atoms with Crippen molar-refractivity contribution in [3.8, 4) is 5.75 Å². The highest BCUT2D eigenvalue weighted by atomic mass is 32.2. The molecule has 0 amide bonds. The molecular formula is C19H21NO4S. The van der Waals surface area contributed by atoms with E-state index in [0.29, 0.717) is 12.1 Å². The maximum absolute atomic E-state index is 13.1. The minimum Gasteiger partial charge on any atom is -0.497 e. The summed E-state index contributed by atoms with van der Waals surface area (Å²) in [5, 5.41) is 0. The van der Waals surface area contributed by atoms with Gasteiger partial charge in [-0.25, -0.2) is 8.42 Å². The number of carbonyl (C=O) groups is 1. The van der Waals surface area contributed by atoms with Gasteiger partial charge in [0, 0.05) is 12.1 Å². The lowest BCUT2D eigenvalue weighted by molar-refractivity contribution is 0.101. The van der Waals surface area contributed by atoms with E-state index in [0.717, 1.165) is 24.2 Å². The molecule has 1 aliphatic heterocycles. The third-order valence-electron chi connectivity index (χ3n) is 4.55. The number of sulfonamides is 1. The average molecular weight is 359 g/mol. The number of Topliss-reactive ketones (excluding diaryl/α,β-unsaturated/α-hetero) is 1. The van der Waals surface area contributed by atoms with Crippen LogP contribution in [0.1, 0.15) is 41.7 Å². The molecule has 1 heterocycles. The maximum atomic E-state index is 13.1. The summed E-state index contributed by atoms with van der Waals surface area (Å²) in [7, 11) is -2.06. The number of carbonyl (C=O) groups excluding carboxylic acids is 1. The van der Waals surface area contributed by atoms with Crippen LogP contribution < -0.4 is 4.74 Å². The van der Waals surface area contributed by atoms with Crippen molar-refractivity contribution in [2.75, 3.05) is 13.7 Å². The number of methoxy groups -OCH3 is 1. The molecule has 1 saturated heterocycles. The van der Waals surface area contributed by atoms with Crippen LogP contribution in [0.2, 0.25) is 0 Å². The molecule has 5 nitrogen and oxygen atoms in total. The van der Waals surface area contributed by atoms with Gasteiger partial charge in [-0.3, -0.25) is 4.79 Å². The van der Waals surface area contributed by atoms with Gasteiger partial charge in [0.25, 0.3) is 0 Å². The highest BCUT2D eigenvalue weighted by Crippen LogP contribution is 2.37. The van der Waals surface area contributed by atoms with Crippen LogP contribution in [0.15, 0.2) is 53.4 Å². The summed E-state index contributed by atoms with van der Waals surface area (Å²) in [6.45, 7) is 1.91. The zero-order valence-corrected chi connectivity index (χ0v) is 15.1. The summed E-state index contributed by atoms with van der Waals surface area (Å²) in [6.07, 6.45) is 1.58. The van der Waals surface area contributed by atoms with Crippen molar-refractivity contribution in [2.45, 2.75) is 30.7 Å². The second-order valence-corrected chi connectivity index (χ2v) is 8.02. The minimum absolute atomic E-state index is 0.148. The van der Waals surface area contributed by atoms with E-state index in [1.807, 2.05) is 24.3 Å². The standard InChI is InChI=1S/C19H21NO4S/c1-14(21)16-5-3-6-18(13-16)25(22,23)20-12-4-7-19(20)15-8-10-17(24-2)11-9-15/h3,5-6,8-11,13,19H,4,7,12H2,1-2H3/t19-/m0/s1. The van der Waals surface area contributed by atoms with Crippen LogP contribution in [0.25, 0.3) is 0 Å². The highest BCUT2D eigenvalue weighted by Gasteiger charge is 2.36. The molecular weight excluding hydrogens is 338 g/mol. The third-order valence-corrected chi connectivity index (χ3v) is 6.46.